The van der Waals surface area contributed by atoms with Crippen molar-refractivity contribution in [3.05, 3.63) is 116 Å². The minimum absolute atomic E-state index is 0. The summed E-state index contributed by atoms with van der Waals surface area (Å²) < 4.78 is 28.8. The van der Waals surface area contributed by atoms with Crippen LogP contribution in [0.5, 0.6) is 0 Å². The van der Waals surface area contributed by atoms with E-state index in [1.54, 1.807) is 34.6 Å². The lowest BCUT2D eigenvalue weighted by atomic mass is 10.1. The van der Waals surface area contributed by atoms with E-state index in [1.807, 2.05) is 13.0 Å². The predicted octanol–water partition coefficient (Wildman–Crippen LogP) is 22.7. The van der Waals surface area contributed by atoms with Crippen LogP contribution < -0.4 is 14.7 Å². The van der Waals surface area contributed by atoms with E-state index in [1.165, 1.54) is 57.6 Å². The Balaban J connectivity index is -0.0000000523. The Hall–Kier alpha value is -1.19. The van der Waals surface area contributed by atoms with Crippen molar-refractivity contribution in [2.45, 2.75) is 292 Å². The number of Topliss-reactive ketones (excluding diaryl/α,β-unsaturated/α-hetero) is 5. The first-order chi connectivity index (χ1) is 38.6. The number of hydrogen-bond acceptors (Lipinski definition) is 16. The van der Waals surface area contributed by atoms with Crippen molar-refractivity contribution in [1.82, 2.24) is 0 Å². The van der Waals surface area contributed by atoms with Gasteiger partial charge in [0.25, 0.3) is 7.82 Å². The lowest BCUT2D eigenvalue weighted by Gasteiger charge is -2.34. The molecule has 0 aliphatic heterocycles. The molecule has 0 N–H and O–H groups in total. The molecule has 574 valence electrons. The molecule has 0 saturated heterocycles. The molecule has 0 aromatic rings. The van der Waals surface area contributed by atoms with E-state index >= 15 is 0 Å². The maximum absolute atomic E-state index is 11.0. The number of thiol groups is 4. The SMILES string of the molecule is C.C.C.C.C.C.C.C.CC(=O)CC/C(C)=C/CC/C(C)=C/COP(=O)([O-])OP(=O)([O-])[O-].CC(=O)CC/C(C)=C/CC/C(C)=C/CS.CC(=O)CC/C(C)=C/CC/C(C)=C/CS.CC(=O)CC/C(C)=C/CC/C(C)=C/CS.CC(=O)CC/C(C)=C/CC/C(C)=C/CS.S.S.S.S. The maximum Gasteiger partial charge on any atom is 0.272 e. The predicted molar refractivity (Wildman–Crippen MR) is 456 cm³/mol. The second kappa shape index (κ2) is 90.8. The average molecular weight is 1540 g/mol. The van der Waals surface area contributed by atoms with E-state index in [4.69, 9.17) is 0 Å². The minimum atomic E-state index is -5.65. The second-order valence-corrected chi connectivity index (χ2v) is 25.4. The quantitative estimate of drug-likeness (QED) is 0.0258. The summed E-state index contributed by atoms with van der Waals surface area (Å²) in [5.74, 6) is 4.50. The van der Waals surface area contributed by atoms with Gasteiger partial charge in [0, 0.05) is 55.1 Å². The van der Waals surface area contributed by atoms with Gasteiger partial charge in [0.15, 0.2) is 0 Å². The molecule has 0 bridgehead atoms. The molecule has 0 rings (SSSR count). The molecule has 12 nitrogen and oxygen atoms in total. The molecule has 1 unspecified atom stereocenters. The van der Waals surface area contributed by atoms with Gasteiger partial charge in [0.05, 0.1) is 14.4 Å². The van der Waals surface area contributed by atoms with E-state index in [-0.39, 0.29) is 142 Å². The maximum atomic E-state index is 11.0. The first-order valence-corrected chi connectivity index (χ1v) is 34.3. The zero-order valence-electron chi connectivity index (χ0n) is 55.5. The van der Waals surface area contributed by atoms with Gasteiger partial charge in [-0.1, -0.05) is 176 Å². The van der Waals surface area contributed by atoms with Crippen LogP contribution in [0.15, 0.2) is 116 Å². The lowest BCUT2D eigenvalue weighted by molar-refractivity contribution is -0.339. The molecule has 95 heavy (non-hydrogen) atoms. The third-order valence-electron chi connectivity index (χ3n) is 12.1. The zero-order chi connectivity index (χ0) is 64.8. The molecule has 0 aromatic heterocycles. The van der Waals surface area contributed by atoms with Crippen LogP contribution in [0, 0.1) is 0 Å². The number of allylic oxidation sites excluding steroid dienone is 15. The first kappa shape index (κ1) is 137. The number of carbonyl (C=O) groups excluding carboxylic acids is 5. The van der Waals surface area contributed by atoms with E-state index in [0.717, 1.165) is 111 Å². The summed E-state index contributed by atoms with van der Waals surface area (Å²) >= 11 is 16.6. The first-order valence-electron chi connectivity index (χ1n) is 28.8. The fraction of sp³-hybridized carbons (Fsp3) is 0.658. The molecule has 0 radical (unpaired) electrons. The van der Waals surface area contributed by atoms with E-state index < -0.39 is 22.3 Å². The highest BCUT2D eigenvalue weighted by Crippen LogP contribution is 2.50. The highest BCUT2D eigenvalue weighted by molar-refractivity contribution is 7.80. The molecule has 0 amide bonds. The Labute approximate surface area is 638 Å². The fourth-order valence-electron chi connectivity index (χ4n) is 6.66. The van der Waals surface area contributed by atoms with Crippen LogP contribution in [0.2, 0.25) is 0 Å². The van der Waals surface area contributed by atoms with E-state index in [2.05, 4.69) is 163 Å². The summed E-state index contributed by atoms with van der Waals surface area (Å²) in [4.78, 5) is 85.3. The monoisotopic (exact) mass is 1540 g/mol. The van der Waals surface area contributed by atoms with Crippen LogP contribution in [-0.4, -0.2) is 58.5 Å². The summed E-state index contributed by atoms with van der Waals surface area (Å²) in [6.07, 6.45) is 38.5. The Kier molecular flexibility index (Phi) is 131. The third-order valence-corrected chi connectivity index (χ3v) is 14.9. The molecule has 0 saturated carbocycles. The van der Waals surface area contributed by atoms with Crippen LogP contribution in [-0.2, 0) is 41.9 Å². The summed E-state index contributed by atoms with van der Waals surface area (Å²) in [7, 11) is -10.8. The molecule has 22 heteroatoms. The second-order valence-electron chi connectivity index (χ2n) is 21.2. The van der Waals surface area contributed by atoms with E-state index in [0.29, 0.717) is 51.4 Å². The van der Waals surface area contributed by atoms with Crippen molar-refractivity contribution >= 4 is 149 Å². The smallest absolute Gasteiger partial charge is 0.272 e. The number of hydrogen-bond donors (Lipinski definition) is 4. The zero-order valence-corrected chi connectivity index (χ0v) is 64.9. The summed E-state index contributed by atoms with van der Waals surface area (Å²) in [6.45, 7) is 28.3. The van der Waals surface area contributed by atoms with Crippen molar-refractivity contribution < 1.29 is 56.6 Å². The minimum Gasteiger partial charge on any atom is -0.790 e. The molecule has 0 fully saturated rings. The Morgan fingerprint density at radius 1 is 0.284 bits per heavy atom. The third kappa shape index (κ3) is 123. The van der Waals surface area contributed by atoms with Crippen molar-refractivity contribution in [2.75, 3.05) is 29.6 Å². The van der Waals surface area contributed by atoms with Crippen LogP contribution >= 0.6 is 120 Å². The van der Waals surface area contributed by atoms with Gasteiger partial charge in [-0.3, -0.25) is 8.88 Å². The van der Waals surface area contributed by atoms with Gasteiger partial charge < -0.3 is 47.7 Å². The largest absolute Gasteiger partial charge is 0.790 e. The van der Waals surface area contributed by atoms with Crippen LogP contribution in [0.25, 0.3) is 0 Å². The summed E-state index contributed by atoms with van der Waals surface area (Å²) in [5, 5.41) is 0. The molecule has 0 aliphatic rings. The molecule has 1 atom stereocenters. The van der Waals surface area contributed by atoms with Crippen LogP contribution in [0.3, 0.4) is 0 Å². The number of ketones is 5. The van der Waals surface area contributed by atoms with Crippen molar-refractivity contribution in [3.63, 3.8) is 0 Å². The van der Waals surface area contributed by atoms with Crippen molar-refractivity contribution in [2.24, 2.45) is 0 Å². The Bertz CT molecular complexity index is 2080. The van der Waals surface area contributed by atoms with E-state index in [9.17, 15) is 47.8 Å². The average Bonchev–Trinajstić information content (AvgIpc) is 3.36. The number of phosphoric acid groups is 2. The highest BCUT2D eigenvalue weighted by Gasteiger charge is 2.11. The fourth-order valence-corrected chi connectivity index (χ4v) is 9.33. The number of phosphoric ester groups is 1. The molecular weight excluding hydrogens is 1390 g/mol. The Morgan fingerprint density at radius 3 is 0.589 bits per heavy atom. The molecule has 0 spiro atoms. The van der Waals surface area contributed by atoms with Gasteiger partial charge in [-0.15, -0.1) is 0 Å². The topological polar surface area (TPSA) is 207 Å². The molecular formula is C73H149O12P2S8-3. The van der Waals surface area contributed by atoms with Crippen molar-refractivity contribution in [3.8, 4) is 0 Å². The summed E-state index contributed by atoms with van der Waals surface area (Å²) in [5.41, 5.74) is 12.8. The Morgan fingerprint density at radius 2 is 0.442 bits per heavy atom. The standard InChI is InChI=1S/C13H24O8P2.4C13H22OS.8CH4.4H2S/c1-11(7-8-13(3)14)5-4-6-12(2)9-10-20-23(18,19)21-22(15,16)17;4*1-11(7-8-13(3)14)5-4-6-12(2)9-10-15;;;;;;;;;;;;/h5,9H,4,6-8,10H2,1-3H3,(H,18,19)(H2,15,16,17);4*5,9,15H,4,6-8,10H2,1-3H3;8*1H4;4*1H2/p-3/b5*11-5+,12-9+;;;;;;;;;;;;. The van der Waals surface area contributed by atoms with Gasteiger partial charge in [0.1, 0.15) is 28.9 Å². The van der Waals surface area contributed by atoms with Gasteiger partial charge in [-0.05, 0) is 200 Å². The van der Waals surface area contributed by atoms with Gasteiger partial charge >= 0.3 is 0 Å². The van der Waals surface area contributed by atoms with Gasteiger partial charge in [0.2, 0.25) is 0 Å². The molecule has 0 aliphatic carbocycles. The molecule has 0 heterocycles. The van der Waals surface area contributed by atoms with Crippen LogP contribution in [0.1, 0.15) is 292 Å². The normalized spacial score (nSPS) is 12.2. The number of carbonyl (C=O) groups is 5. The summed E-state index contributed by atoms with van der Waals surface area (Å²) in [6, 6.07) is 0. The molecule has 0 aromatic carbocycles. The van der Waals surface area contributed by atoms with Crippen molar-refractivity contribution in [1.29, 1.82) is 0 Å². The van der Waals surface area contributed by atoms with Gasteiger partial charge in [-0.2, -0.15) is 104 Å². The highest BCUT2D eigenvalue weighted by atomic mass is 32.1. The number of rotatable bonds is 39. The lowest BCUT2D eigenvalue weighted by Crippen LogP contribution is -2.19. The van der Waals surface area contributed by atoms with Gasteiger partial charge in [-0.25, -0.2) is 0 Å². The van der Waals surface area contributed by atoms with Crippen LogP contribution in [0.4, 0.5) is 0 Å².